The van der Waals surface area contributed by atoms with Crippen LogP contribution in [0.1, 0.15) is 21.5 Å². The third-order valence-corrected chi connectivity index (χ3v) is 5.35. The summed E-state index contributed by atoms with van der Waals surface area (Å²) in [5.74, 6) is -0.386. The zero-order valence-corrected chi connectivity index (χ0v) is 18.6. The van der Waals surface area contributed by atoms with Crippen molar-refractivity contribution in [3.63, 3.8) is 0 Å². The summed E-state index contributed by atoms with van der Waals surface area (Å²) in [6, 6.07) is 8.75. The van der Waals surface area contributed by atoms with Gasteiger partial charge in [-0.25, -0.2) is 0 Å². The zero-order chi connectivity index (χ0) is 21.7. The van der Waals surface area contributed by atoms with Crippen molar-refractivity contribution in [3.8, 4) is 0 Å². The maximum Gasteiger partial charge on any atom is 0.258 e. The molecule has 0 unspecified atom stereocenters. The number of carbonyl (C=O) groups is 1. The van der Waals surface area contributed by atoms with E-state index in [4.69, 9.17) is 27.9 Å². The molecule has 1 aromatic heterocycles. The number of carbonyl (C=O) groups excluding carboxylic acids is 1. The number of anilines is 2. The van der Waals surface area contributed by atoms with Crippen LogP contribution >= 0.6 is 23.2 Å². The van der Waals surface area contributed by atoms with Crippen LogP contribution in [-0.2, 0) is 11.3 Å². The fraction of sp³-hybridized carbons (Fsp3) is 0.273. The van der Waals surface area contributed by atoms with Gasteiger partial charge in [0.05, 0.1) is 39.1 Å². The van der Waals surface area contributed by atoms with Crippen molar-refractivity contribution in [2.24, 2.45) is 0 Å². The number of rotatable bonds is 8. The number of methoxy groups -OCH3 is 1. The molecule has 0 aliphatic rings. The number of fused-ring (bicyclic) bond motifs is 1. The molecule has 3 aromatic rings. The normalized spacial score (nSPS) is 11.0. The third kappa shape index (κ3) is 4.68. The Balaban J connectivity index is 2.07. The lowest BCUT2D eigenvalue weighted by Crippen LogP contribution is -2.19. The quantitative estimate of drug-likeness (QED) is 0.429. The molecular formula is C22H24Cl2N4O2. The minimum Gasteiger partial charge on any atom is -0.383 e. The van der Waals surface area contributed by atoms with Gasteiger partial charge in [-0.2, -0.15) is 0 Å². The maximum atomic E-state index is 12.9. The molecule has 3 rings (SSSR count). The van der Waals surface area contributed by atoms with Crippen LogP contribution in [-0.4, -0.2) is 38.1 Å². The van der Waals surface area contributed by atoms with Crippen molar-refractivity contribution in [2.45, 2.75) is 13.5 Å². The monoisotopic (exact) mass is 446 g/mol. The first-order chi connectivity index (χ1) is 14.5. The predicted octanol–water partition coefficient (Wildman–Crippen LogP) is 4.88. The van der Waals surface area contributed by atoms with Gasteiger partial charge in [0.25, 0.3) is 5.91 Å². The van der Waals surface area contributed by atoms with Gasteiger partial charge in [0.1, 0.15) is 0 Å². The van der Waals surface area contributed by atoms with Crippen LogP contribution in [0, 0.1) is 6.92 Å². The van der Waals surface area contributed by atoms with Gasteiger partial charge in [0.15, 0.2) is 0 Å². The molecule has 8 heteroatoms. The van der Waals surface area contributed by atoms with E-state index in [2.05, 4.69) is 20.9 Å². The Morgan fingerprint density at radius 2 is 1.87 bits per heavy atom. The first-order valence-corrected chi connectivity index (χ1v) is 10.3. The molecule has 0 fully saturated rings. The van der Waals surface area contributed by atoms with Gasteiger partial charge in [-0.1, -0.05) is 35.3 Å². The lowest BCUT2D eigenvalue weighted by atomic mass is 10.0. The first-order valence-electron chi connectivity index (χ1n) is 9.51. The van der Waals surface area contributed by atoms with E-state index in [1.165, 1.54) is 0 Å². The molecular weight excluding hydrogens is 423 g/mol. The number of benzene rings is 2. The Bertz CT molecular complexity index is 1050. The van der Waals surface area contributed by atoms with Crippen molar-refractivity contribution in [3.05, 3.63) is 63.3 Å². The highest BCUT2D eigenvalue weighted by atomic mass is 35.5. The summed E-state index contributed by atoms with van der Waals surface area (Å²) >= 11 is 12.4. The van der Waals surface area contributed by atoms with E-state index in [1.54, 1.807) is 31.5 Å². The molecule has 0 saturated carbocycles. The molecule has 0 bridgehead atoms. The van der Waals surface area contributed by atoms with Crippen molar-refractivity contribution in [1.29, 1.82) is 0 Å². The molecule has 0 radical (unpaired) electrons. The summed E-state index contributed by atoms with van der Waals surface area (Å²) in [6.45, 7) is 3.98. The number of halogens is 2. The number of amides is 1. The highest BCUT2D eigenvalue weighted by molar-refractivity contribution is 6.40. The highest BCUT2D eigenvalue weighted by Gasteiger charge is 2.18. The number of nitrogens with zero attached hydrogens (tertiary/aromatic N) is 1. The standard InChI is InChI=1S/C22H24Cl2N4O2/c1-13-7-8-17(28-22(29)19-15(23)5-4-6-16(19)24)21-18(13)20(26-10-9-25-2)14(11-27-21)12-30-3/h4-8,11,25H,9-10,12H2,1-3H3,(H,26,27)(H,28,29). The van der Waals surface area contributed by atoms with Crippen molar-refractivity contribution in [2.75, 3.05) is 37.9 Å². The molecule has 0 aliphatic carbocycles. The molecule has 0 aliphatic heterocycles. The van der Waals surface area contributed by atoms with Crippen LogP contribution in [0.15, 0.2) is 36.5 Å². The fourth-order valence-electron chi connectivity index (χ4n) is 3.29. The van der Waals surface area contributed by atoms with E-state index in [0.29, 0.717) is 27.9 Å². The summed E-state index contributed by atoms with van der Waals surface area (Å²) in [7, 11) is 3.56. The maximum absolute atomic E-state index is 12.9. The van der Waals surface area contributed by atoms with Crippen LogP contribution in [0.25, 0.3) is 10.9 Å². The first kappa shape index (κ1) is 22.3. The molecule has 1 heterocycles. The summed E-state index contributed by atoms with van der Waals surface area (Å²) in [4.78, 5) is 17.5. The van der Waals surface area contributed by atoms with Crippen molar-refractivity contribution >= 4 is 51.4 Å². The minimum atomic E-state index is -0.386. The number of nitrogens with one attached hydrogen (secondary N) is 3. The molecule has 3 N–H and O–H groups in total. The Kier molecular flexibility index (Phi) is 7.50. The molecule has 6 nitrogen and oxygen atoms in total. The zero-order valence-electron chi connectivity index (χ0n) is 17.1. The van der Waals surface area contributed by atoms with Crippen LogP contribution in [0.2, 0.25) is 10.0 Å². The molecule has 0 saturated heterocycles. The summed E-state index contributed by atoms with van der Waals surface area (Å²) in [6.07, 6.45) is 1.77. The average Bonchev–Trinajstić information content (AvgIpc) is 2.71. The Hall–Kier alpha value is -2.38. The number of likely N-dealkylation sites (N-methyl/N-ethyl adjacent to an activating group) is 1. The fourth-order valence-corrected chi connectivity index (χ4v) is 3.86. The van der Waals surface area contributed by atoms with Gasteiger partial charge >= 0.3 is 0 Å². The Labute approximate surface area is 185 Å². The Morgan fingerprint density at radius 3 is 2.53 bits per heavy atom. The van der Waals surface area contributed by atoms with Crippen LogP contribution in [0.3, 0.4) is 0 Å². The topological polar surface area (TPSA) is 75.3 Å². The number of hydrogen-bond acceptors (Lipinski definition) is 5. The van der Waals surface area contributed by atoms with E-state index >= 15 is 0 Å². The van der Waals surface area contributed by atoms with Gasteiger partial charge in [-0.3, -0.25) is 9.78 Å². The van der Waals surface area contributed by atoms with E-state index in [-0.39, 0.29) is 11.5 Å². The molecule has 1 amide bonds. The van der Waals surface area contributed by atoms with E-state index in [1.807, 2.05) is 26.1 Å². The second-order valence-electron chi connectivity index (χ2n) is 6.83. The number of aromatic nitrogens is 1. The van der Waals surface area contributed by atoms with E-state index in [0.717, 1.165) is 35.3 Å². The van der Waals surface area contributed by atoms with Crippen LogP contribution in [0.4, 0.5) is 11.4 Å². The van der Waals surface area contributed by atoms with Gasteiger partial charge in [0.2, 0.25) is 0 Å². The van der Waals surface area contributed by atoms with Crippen LogP contribution in [0.5, 0.6) is 0 Å². The number of hydrogen-bond donors (Lipinski definition) is 3. The van der Waals surface area contributed by atoms with Gasteiger partial charge < -0.3 is 20.7 Å². The number of pyridine rings is 1. The molecule has 0 spiro atoms. The molecule has 30 heavy (non-hydrogen) atoms. The average molecular weight is 447 g/mol. The number of ether oxygens (including phenoxy) is 1. The highest BCUT2D eigenvalue weighted by Crippen LogP contribution is 2.34. The van der Waals surface area contributed by atoms with Crippen molar-refractivity contribution in [1.82, 2.24) is 10.3 Å². The molecule has 158 valence electrons. The largest absolute Gasteiger partial charge is 0.383 e. The molecule has 2 aromatic carbocycles. The van der Waals surface area contributed by atoms with E-state index in [9.17, 15) is 4.79 Å². The summed E-state index contributed by atoms with van der Waals surface area (Å²) < 4.78 is 5.35. The SMILES string of the molecule is CNCCNc1c(COC)cnc2c(NC(=O)c3c(Cl)cccc3Cl)ccc(C)c12. The number of aryl methyl sites for hydroxylation is 1. The second kappa shape index (κ2) is 10.1. The summed E-state index contributed by atoms with van der Waals surface area (Å²) in [5.41, 5.74) is 4.42. The summed E-state index contributed by atoms with van der Waals surface area (Å²) in [5, 5.41) is 11.0. The minimum absolute atomic E-state index is 0.234. The second-order valence-corrected chi connectivity index (χ2v) is 7.64. The molecule has 0 atom stereocenters. The predicted molar refractivity (Wildman–Crippen MR) is 124 cm³/mol. The Morgan fingerprint density at radius 1 is 1.13 bits per heavy atom. The lowest BCUT2D eigenvalue weighted by molar-refractivity contribution is 0.102. The third-order valence-electron chi connectivity index (χ3n) is 4.72. The smallest absolute Gasteiger partial charge is 0.258 e. The van der Waals surface area contributed by atoms with Gasteiger partial charge in [-0.05, 0) is 37.7 Å². The van der Waals surface area contributed by atoms with Gasteiger partial charge in [0, 0.05) is 37.3 Å². The van der Waals surface area contributed by atoms with E-state index < -0.39 is 0 Å². The van der Waals surface area contributed by atoms with Gasteiger partial charge in [-0.15, -0.1) is 0 Å². The van der Waals surface area contributed by atoms with Crippen molar-refractivity contribution < 1.29 is 9.53 Å². The van der Waals surface area contributed by atoms with Crippen LogP contribution < -0.4 is 16.0 Å². The lowest BCUT2D eigenvalue weighted by Gasteiger charge is -2.18.